The first-order valence-electron chi connectivity index (χ1n) is 5.32. The van der Waals surface area contributed by atoms with Gasteiger partial charge in [-0.2, -0.15) is 31.4 Å². The first kappa shape index (κ1) is 15.8. The van der Waals surface area contributed by atoms with Gasteiger partial charge in [0.2, 0.25) is 0 Å². The van der Waals surface area contributed by atoms with Crippen LogP contribution in [0.3, 0.4) is 0 Å². The minimum Gasteiger partial charge on any atom is -0.264 e. The van der Waals surface area contributed by atoms with Gasteiger partial charge in [0.15, 0.2) is 11.1 Å². The average molecular weight is 340 g/mol. The third kappa shape index (κ3) is 3.34. The number of aromatic nitrogens is 2. The summed E-state index contributed by atoms with van der Waals surface area (Å²) < 4.78 is 76.1. The summed E-state index contributed by atoms with van der Waals surface area (Å²) in [5.74, 6) is 0.245. The molecule has 2 rings (SSSR count). The Balaban J connectivity index is 2.16. The zero-order chi connectivity index (χ0) is 15.1. The van der Waals surface area contributed by atoms with Crippen LogP contribution in [0.5, 0.6) is 0 Å². The van der Waals surface area contributed by atoms with Gasteiger partial charge >= 0.3 is 12.4 Å². The Morgan fingerprint density at radius 2 is 1.95 bits per heavy atom. The molecule has 1 atom stereocenters. The Labute approximate surface area is 118 Å². The molecule has 1 unspecified atom stereocenters. The molecule has 0 N–H and O–H groups in total. The fraction of sp³-hybridized carbons (Fsp3) is 0.667. The molecule has 1 aliphatic rings. The van der Waals surface area contributed by atoms with Gasteiger partial charge in [-0.3, -0.25) is 4.90 Å². The second-order valence-corrected chi connectivity index (χ2v) is 5.64. The van der Waals surface area contributed by atoms with E-state index in [2.05, 4.69) is 5.10 Å². The summed E-state index contributed by atoms with van der Waals surface area (Å²) >= 11 is 6.27. The van der Waals surface area contributed by atoms with Crippen molar-refractivity contribution in [1.82, 2.24) is 14.7 Å². The molecule has 0 bridgehead atoms. The van der Waals surface area contributed by atoms with Gasteiger partial charge in [0.25, 0.3) is 0 Å². The van der Waals surface area contributed by atoms with E-state index >= 15 is 0 Å². The molecule has 114 valence electrons. The first-order valence-corrected chi connectivity index (χ1v) is 6.74. The zero-order valence-corrected chi connectivity index (χ0v) is 11.2. The number of hydrogen-bond donors (Lipinski definition) is 0. The molecule has 1 fully saturated rings. The molecule has 1 aromatic rings. The van der Waals surface area contributed by atoms with E-state index < -0.39 is 30.1 Å². The molecule has 3 nitrogen and oxygen atoms in total. The van der Waals surface area contributed by atoms with Crippen LogP contribution in [0.15, 0.2) is 6.07 Å². The van der Waals surface area contributed by atoms with Crippen molar-refractivity contribution in [2.75, 3.05) is 12.3 Å². The topological polar surface area (TPSA) is 21.1 Å². The molecule has 20 heavy (non-hydrogen) atoms. The minimum absolute atomic E-state index is 0.104. The number of rotatable bonds is 2. The van der Waals surface area contributed by atoms with Crippen molar-refractivity contribution in [3.05, 3.63) is 16.9 Å². The minimum atomic E-state index is -4.68. The smallest absolute Gasteiger partial charge is 0.264 e. The summed E-state index contributed by atoms with van der Waals surface area (Å²) in [6, 6.07) is 0.591. The van der Waals surface area contributed by atoms with E-state index in [4.69, 9.17) is 11.6 Å². The van der Waals surface area contributed by atoms with E-state index in [0.717, 1.165) is 9.58 Å². The van der Waals surface area contributed by atoms with Crippen LogP contribution in [0.1, 0.15) is 5.69 Å². The fourth-order valence-corrected chi connectivity index (χ4v) is 3.08. The second kappa shape index (κ2) is 5.30. The van der Waals surface area contributed by atoms with Crippen molar-refractivity contribution < 1.29 is 26.3 Å². The number of thioether (sulfide) groups is 1. The van der Waals surface area contributed by atoms with Crippen LogP contribution >= 0.6 is 23.4 Å². The van der Waals surface area contributed by atoms with Gasteiger partial charge in [0.05, 0.1) is 6.67 Å². The number of halogens is 7. The van der Waals surface area contributed by atoms with Crippen molar-refractivity contribution in [2.45, 2.75) is 24.4 Å². The summed E-state index contributed by atoms with van der Waals surface area (Å²) in [7, 11) is 0. The summed E-state index contributed by atoms with van der Waals surface area (Å²) in [4.78, 5) is 0.990. The van der Waals surface area contributed by atoms with Crippen molar-refractivity contribution in [3.63, 3.8) is 0 Å². The van der Waals surface area contributed by atoms with Crippen LogP contribution in [-0.4, -0.2) is 38.5 Å². The fourth-order valence-electron chi connectivity index (χ4n) is 1.75. The molecule has 0 saturated carbocycles. The van der Waals surface area contributed by atoms with Crippen LogP contribution < -0.4 is 0 Å². The molecule has 1 saturated heterocycles. The first-order chi connectivity index (χ1) is 9.09. The second-order valence-electron chi connectivity index (χ2n) is 4.07. The van der Waals surface area contributed by atoms with E-state index in [-0.39, 0.29) is 17.5 Å². The third-order valence-corrected chi connectivity index (χ3v) is 4.21. The zero-order valence-electron chi connectivity index (χ0n) is 9.67. The Bertz CT molecular complexity index is 485. The largest absolute Gasteiger partial charge is 0.435 e. The highest BCUT2D eigenvalue weighted by Crippen LogP contribution is 2.38. The molecule has 1 aromatic heterocycles. The van der Waals surface area contributed by atoms with Gasteiger partial charge in [-0.25, -0.2) is 4.68 Å². The lowest BCUT2D eigenvalue weighted by Crippen LogP contribution is -2.40. The van der Waals surface area contributed by atoms with Crippen LogP contribution in [0.2, 0.25) is 5.15 Å². The molecule has 11 heteroatoms. The highest BCUT2D eigenvalue weighted by atomic mass is 35.5. The van der Waals surface area contributed by atoms with Crippen LogP contribution in [-0.2, 0) is 12.8 Å². The summed E-state index contributed by atoms with van der Waals surface area (Å²) in [6.45, 7) is -0.335. The predicted octanol–water partition coefficient (Wildman–Crippen LogP) is 3.45. The number of alkyl halides is 6. The van der Waals surface area contributed by atoms with Crippen LogP contribution in [0.4, 0.5) is 26.3 Å². The maximum Gasteiger partial charge on any atom is 0.435 e. The molecular weight excluding hydrogens is 332 g/mol. The lowest BCUT2D eigenvalue weighted by Gasteiger charge is -2.25. The highest BCUT2D eigenvalue weighted by molar-refractivity contribution is 8.00. The maximum absolute atomic E-state index is 12.7. The Morgan fingerprint density at radius 3 is 2.45 bits per heavy atom. The Kier molecular flexibility index (Phi) is 4.18. The van der Waals surface area contributed by atoms with Crippen LogP contribution in [0, 0.1) is 0 Å². The maximum atomic E-state index is 12.7. The van der Waals surface area contributed by atoms with Gasteiger partial charge in [0, 0.05) is 18.4 Å². The van der Waals surface area contributed by atoms with Crippen LogP contribution in [0.25, 0.3) is 0 Å². The lowest BCUT2D eigenvalue weighted by atomic mass is 10.4. The summed E-state index contributed by atoms with van der Waals surface area (Å²) in [6.07, 6.45) is -9.13. The van der Waals surface area contributed by atoms with Crippen molar-refractivity contribution in [2.24, 2.45) is 0 Å². The van der Waals surface area contributed by atoms with Crippen molar-refractivity contribution >= 4 is 23.4 Å². The average Bonchev–Trinajstić information content (AvgIpc) is 2.85. The predicted molar refractivity (Wildman–Crippen MR) is 61.2 cm³/mol. The molecule has 2 heterocycles. The third-order valence-electron chi connectivity index (χ3n) is 2.60. The lowest BCUT2D eigenvalue weighted by molar-refractivity contribution is -0.159. The SMILES string of the molecule is FC(F)(F)c1cc(Cl)n(CN2CCSC2C(F)(F)F)n1. The molecule has 0 radical (unpaired) electrons. The van der Waals surface area contributed by atoms with E-state index in [1.54, 1.807) is 0 Å². The molecule has 0 aliphatic carbocycles. The summed E-state index contributed by atoms with van der Waals surface area (Å²) in [5, 5.41) is 1.10. The van der Waals surface area contributed by atoms with E-state index in [1.165, 1.54) is 0 Å². The van der Waals surface area contributed by atoms with E-state index in [1.807, 2.05) is 0 Å². The molecule has 1 aliphatic heterocycles. The summed E-state index contributed by atoms with van der Waals surface area (Å²) in [5.41, 5.74) is -1.22. The quantitative estimate of drug-likeness (QED) is 0.770. The van der Waals surface area contributed by atoms with Gasteiger partial charge in [0.1, 0.15) is 5.15 Å². The Morgan fingerprint density at radius 1 is 1.30 bits per heavy atom. The Hall–Kier alpha value is -0.610. The molecule has 0 amide bonds. The number of hydrogen-bond acceptors (Lipinski definition) is 3. The highest BCUT2D eigenvalue weighted by Gasteiger charge is 2.47. The monoisotopic (exact) mass is 339 g/mol. The van der Waals surface area contributed by atoms with Gasteiger partial charge in [-0.05, 0) is 0 Å². The number of nitrogens with zero attached hydrogens (tertiary/aromatic N) is 3. The standard InChI is InChI=1S/C9H8ClF6N3S/c10-6-3-5(8(11,12)13)17-19(6)4-18-1-2-20-7(18)9(14,15)16/h3,7H,1-2,4H2. The van der Waals surface area contributed by atoms with E-state index in [0.29, 0.717) is 17.8 Å². The van der Waals surface area contributed by atoms with Gasteiger partial charge in [-0.1, -0.05) is 11.6 Å². The van der Waals surface area contributed by atoms with Gasteiger partial charge < -0.3 is 0 Å². The molecular formula is C9H8ClF6N3S. The van der Waals surface area contributed by atoms with Gasteiger partial charge in [-0.15, -0.1) is 11.8 Å². The molecule has 0 aromatic carbocycles. The van der Waals surface area contributed by atoms with Crippen molar-refractivity contribution in [1.29, 1.82) is 0 Å². The normalized spacial score (nSPS) is 21.6. The molecule has 0 spiro atoms. The van der Waals surface area contributed by atoms with Crippen molar-refractivity contribution in [3.8, 4) is 0 Å². The van der Waals surface area contributed by atoms with E-state index in [9.17, 15) is 26.3 Å².